The van der Waals surface area contributed by atoms with E-state index < -0.39 is 0 Å². The van der Waals surface area contributed by atoms with Crippen molar-refractivity contribution in [2.45, 2.75) is 32.7 Å². The minimum absolute atomic E-state index is 0.0641. The van der Waals surface area contributed by atoms with Gasteiger partial charge in [0.05, 0.1) is 0 Å². The van der Waals surface area contributed by atoms with Crippen molar-refractivity contribution in [3.05, 3.63) is 29.6 Å². The molecular weight excluding hydrogens is 226 g/mol. The maximum Gasteiger partial charge on any atom is 0.272 e. The Balaban J connectivity index is 2.17. The van der Waals surface area contributed by atoms with Crippen LogP contribution in [-0.2, 0) is 0 Å². The first-order valence-corrected chi connectivity index (χ1v) is 6.67. The van der Waals surface area contributed by atoms with Crippen LogP contribution in [0.25, 0.3) is 0 Å². The van der Waals surface area contributed by atoms with Crippen LogP contribution in [0.15, 0.2) is 18.2 Å². The van der Waals surface area contributed by atoms with Crippen molar-refractivity contribution in [1.29, 1.82) is 0 Å². The van der Waals surface area contributed by atoms with Crippen LogP contribution in [0, 0.1) is 6.92 Å². The van der Waals surface area contributed by atoms with Gasteiger partial charge in [0.1, 0.15) is 5.69 Å². The van der Waals surface area contributed by atoms with Gasteiger partial charge in [-0.15, -0.1) is 0 Å². The van der Waals surface area contributed by atoms with Gasteiger partial charge in [0.2, 0.25) is 0 Å². The number of nitrogens with one attached hydrogen (secondary N) is 1. The van der Waals surface area contributed by atoms with Gasteiger partial charge in [-0.1, -0.05) is 13.0 Å². The molecule has 1 aromatic rings. The Labute approximate surface area is 108 Å². The Hall–Kier alpha value is -1.42. The SMILES string of the molecule is CCCN(C(=O)c1cccc(C)n1)C1CCNC1. The molecule has 1 amide bonds. The van der Waals surface area contributed by atoms with E-state index in [0.29, 0.717) is 11.7 Å². The molecule has 1 aromatic heterocycles. The van der Waals surface area contributed by atoms with Crippen LogP contribution in [0.1, 0.15) is 35.9 Å². The van der Waals surface area contributed by atoms with Gasteiger partial charge in [-0.25, -0.2) is 4.98 Å². The predicted octanol–water partition coefficient (Wildman–Crippen LogP) is 1.60. The maximum absolute atomic E-state index is 12.5. The smallest absolute Gasteiger partial charge is 0.272 e. The van der Waals surface area contributed by atoms with Crippen molar-refractivity contribution in [3.8, 4) is 0 Å². The van der Waals surface area contributed by atoms with Gasteiger partial charge >= 0.3 is 0 Å². The van der Waals surface area contributed by atoms with Crippen LogP contribution in [0.4, 0.5) is 0 Å². The molecule has 0 radical (unpaired) electrons. The summed E-state index contributed by atoms with van der Waals surface area (Å²) in [5.74, 6) is 0.0641. The zero-order valence-corrected chi connectivity index (χ0v) is 11.1. The summed E-state index contributed by atoms with van der Waals surface area (Å²) in [6.07, 6.45) is 2.02. The van der Waals surface area contributed by atoms with Gasteiger partial charge < -0.3 is 10.2 Å². The third-order valence-corrected chi connectivity index (χ3v) is 3.31. The summed E-state index contributed by atoms with van der Waals surface area (Å²) in [4.78, 5) is 18.8. The third-order valence-electron chi connectivity index (χ3n) is 3.31. The minimum Gasteiger partial charge on any atom is -0.333 e. The first-order chi connectivity index (χ1) is 8.72. The molecule has 4 nitrogen and oxygen atoms in total. The minimum atomic E-state index is 0.0641. The van der Waals surface area contributed by atoms with Gasteiger partial charge in [-0.3, -0.25) is 4.79 Å². The van der Waals surface area contributed by atoms with Gasteiger partial charge in [-0.05, 0) is 38.4 Å². The number of hydrogen-bond donors (Lipinski definition) is 1. The van der Waals surface area contributed by atoms with Crippen molar-refractivity contribution < 1.29 is 4.79 Å². The number of amides is 1. The molecule has 0 aliphatic carbocycles. The second-order valence-corrected chi connectivity index (χ2v) is 4.81. The topological polar surface area (TPSA) is 45.2 Å². The highest BCUT2D eigenvalue weighted by molar-refractivity contribution is 5.92. The van der Waals surface area contributed by atoms with Crippen molar-refractivity contribution in [2.24, 2.45) is 0 Å². The molecule has 1 unspecified atom stereocenters. The van der Waals surface area contributed by atoms with Gasteiger partial charge in [0.15, 0.2) is 0 Å². The first-order valence-electron chi connectivity index (χ1n) is 6.67. The largest absolute Gasteiger partial charge is 0.333 e. The maximum atomic E-state index is 12.5. The van der Waals surface area contributed by atoms with E-state index in [-0.39, 0.29) is 5.91 Å². The first kappa shape index (κ1) is 13.0. The van der Waals surface area contributed by atoms with E-state index in [0.717, 1.165) is 38.2 Å². The summed E-state index contributed by atoms with van der Waals surface area (Å²) in [6, 6.07) is 5.94. The Morgan fingerprint density at radius 1 is 1.56 bits per heavy atom. The zero-order valence-electron chi connectivity index (χ0n) is 11.1. The quantitative estimate of drug-likeness (QED) is 0.879. The fourth-order valence-electron chi connectivity index (χ4n) is 2.41. The molecule has 0 spiro atoms. The lowest BCUT2D eigenvalue weighted by Gasteiger charge is -2.28. The molecule has 0 bridgehead atoms. The molecule has 1 N–H and O–H groups in total. The lowest BCUT2D eigenvalue weighted by molar-refractivity contribution is 0.0686. The highest BCUT2D eigenvalue weighted by atomic mass is 16.2. The molecular formula is C14H21N3O. The molecule has 0 aromatic carbocycles. The average molecular weight is 247 g/mol. The molecule has 1 fully saturated rings. The van der Waals surface area contributed by atoms with Crippen LogP contribution in [-0.4, -0.2) is 41.5 Å². The Morgan fingerprint density at radius 2 is 2.39 bits per heavy atom. The fourth-order valence-corrected chi connectivity index (χ4v) is 2.41. The van der Waals surface area contributed by atoms with Crippen LogP contribution in [0.2, 0.25) is 0 Å². The van der Waals surface area contributed by atoms with Crippen LogP contribution in [0.5, 0.6) is 0 Å². The average Bonchev–Trinajstić information content (AvgIpc) is 2.89. The van der Waals surface area contributed by atoms with Crippen molar-refractivity contribution in [3.63, 3.8) is 0 Å². The number of carbonyl (C=O) groups excluding carboxylic acids is 1. The Morgan fingerprint density at radius 3 is 3.00 bits per heavy atom. The molecule has 1 atom stereocenters. The Kier molecular flexibility index (Phi) is 4.31. The lowest BCUT2D eigenvalue weighted by Crippen LogP contribution is -2.42. The van der Waals surface area contributed by atoms with Crippen LogP contribution >= 0.6 is 0 Å². The second-order valence-electron chi connectivity index (χ2n) is 4.81. The van der Waals surface area contributed by atoms with Crippen LogP contribution in [0.3, 0.4) is 0 Å². The zero-order chi connectivity index (χ0) is 13.0. The van der Waals surface area contributed by atoms with Gasteiger partial charge in [-0.2, -0.15) is 0 Å². The predicted molar refractivity (Wildman–Crippen MR) is 71.6 cm³/mol. The summed E-state index contributed by atoms with van der Waals surface area (Å²) in [7, 11) is 0. The second kappa shape index (κ2) is 5.96. The highest BCUT2D eigenvalue weighted by Crippen LogP contribution is 2.13. The molecule has 2 heterocycles. The van der Waals surface area contributed by atoms with E-state index in [1.165, 1.54) is 0 Å². The van der Waals surface area contributed by atoms with E-state index >= 15 is 0 Å². The molecule has 18 heavy (non-hydrogen) atoms. The lowest BCUT2D eigenvalue weighted by atomic mass is 10.2. The van der Waals surface area contributed by atoms with Crippen LogP contribution < -0.4 is 5.32 Å². The summed E-state index contributed by atoms with van der Waals surface area (Å²) >= 11 is 0. The van der Waals surface area contributed by atoms with Crippen molar-refractivity contribution in [1.82, 2.24) is 15.2 Å². The summed E-state index contributed by atoms with van der Waals surface area (Å²) in [6.45, 7) is 6.72. The van der Waals surface area contributed by atoms with Crippen molar-refractivity contribution in [2.75, 3.05) is 19.6 Å². The monoisotopic (exact) mass is 247 g/mol. The number of aryl methyl sites for hydroxylation is 1. The number of hydrogen-bond acceptors (Lipinski definition) is 3. The van der Waals surface area contributed by atoms with Crippen molar-refractivity contribution >= 4 is 5.91 Å². The van der Waals surface area contributed by atoms with Gasteiger partial charge in [0, 0.05) is 24.8 Å². The third kappa shape index (κ3) is 2.88. The van der Waals surface area contributed by atoms with E-state index in [2.05, 4.69) is 17.2 Å². The summed E-state index contributed by atoms with van der Waals surface area (Å²) in [5.41, 5.74) is 1.46. The molecule has 0 saturated carbocycles. The Bertz CT molecular complexity index is 413. The summed E-state index contributed by atoms with van der Waals surface area (Å²) < 4.78 is 0. The number of carbonyl (C=O) groups is 1. The number of rotatable bonds is 4. The van der Waals surface area contributed by atoms with E-state index in [1.54, 1.807) is 6.07 Å². The number of aromatic nitrogens is 1. The standard InChI is InChI=1S/C14H21N3O/c1-3-9-17(12-7-8-15-10-12)14(18)13-6-4-5-11(2)16-13/h4-6,12,15H,3,7-10H2,1-2H3. The highest BCUT2D eigenvalue weighted by Gasteiger charge is 2.27. The molecule has 98 valence electrons. The number of pyridine rings is 1. The molecule has 1 aliphatic heterocycles. The molecule has 4 heteroatoms. The van der Waals surface area contributed by atoms with E-state index in [9.17, 15) is 4.79 Å². The van der Waals surface area contributed by atoms with E-state index in [1.807, 2.05) is 24.0 Å². The molecule has 1 saturated heterocycles. The fraction of sp³-hybridized carbons (Fsp3) is 0.571. The molecule has 1 aliphatic rings. The van der Waals surface area contributed by atoms with Gasteiger partial charge in [0.25, 0.3) is 5.91 Å². The summed E-state index contributed by atoms with van der Waals surface area (Å²) in [5, 5.41) is 3.31. The normalized spacial score (nSPS) is 18.9. The molecule has 2 rings (SSSR count). The van der Waals surface area contributed by atoms with E-state index in [4.69, 9.17) is 0 Å². The number of nitrogens with zero attached hydrogens (tertiary/aromatic N) is 2.